The third-order valence-electron chi connectivity index (χ3n) is 3.80. The maximum absolute atomic E-state index is 10.9. The summed E-state index contributed by atoms with van der Waals surface area (Å²) in [6.45, 7) is 0. The number of nitrogens with one attached hydrogen (secondary N) is 1. The molecule has 2 aliphatic rings. The molecule has 2 bridgehead atoms. The molecule has 0 saturated carbocycles. The molecule has 0 aromatic heterocycles. The fourth-order valence-electron chi connectivity index (χ4n) is 2.89. The van der Waals surface area contributed by atoms with Gasteiger partial charge < -0.3 is 14.8 Å². The number of hydrogen-bond donors (Lipinski definition) is 1. The fraction of sp³-hybridized carbons (Fsp3) is 0.538. The van der Waals surface area contributed by atoms with Gasteiger partial charge in [0, 0.05) is 17.8 Å². The van der Waals surface area contributed by atoms with Gasteiger partial charge in [0.15, 0.2) is 0 Å². The average Bonchev–Trinajstić information content (AvgIpc) is 3.00. The molecule has 2 fully saturated rings. The summed E-state index contributed by atoms with van der Waals surface area (Å²) in [5.74, 6) is 0.487. The second-order valence-corrected chi connectivity index (χ2v) is 5.04. The van der Waals surface area contributed by atoms with E-state index in [0.29, 0.717) is 17.5 Å². The first-order valence-corrected chi connectivity index (χ1v) is 6.41. The summed E-state index contributed by atoms with van der Waals surface area (Å²) in [5, 5.41) is 14.2. The Kier molecular flexibility index (Phi) is 3.02. The normalized spacial score (nSPS) is 28.4. The molecule has 2 aliphatic heterocycles. The van der Waals surface area contributed by atoms with E-state index in [0.717, 1.165) is 19.3 Å². The minimum absolute atomic E-state index is 0.0333. The molecule has 0 aliphatic carbocycles. The van der Waals surface area contributed by atoms with Crippen LogP contribution in [-0.4, -0.2) is 30.3 Å². The fourth-order valence-corrected chi connectivity index (χ4v) is 2.89. The topological polar surface area (TPSA) is 73.6 Å². The van der Waals surface area contributed by atoms with Gasteiger partial charge in [0.1, 0.15) is 5.75 Å². The van der Waals surface area contributed by atoms with E-state index in [1.807, 2.05) is 0 Å². The Bertz CT molecular complexity index is 505. The third-order valence-corrected chi connectivity index (χ3v) is 3.80. The molecule has 0 radical (unpaired) electrons. The van der Waals surface area contributed by atoms with Gasteiger partial charge >= 0.3 is 0 Å². The highest BCUT2D eigenvalue weighted by molar-refractivity contribution is 5.57. The minimum Gasteiger partial charge on any atom is -0.496 e. The first-order valence-electron chi connectivity index (χ1n) is 6.41. The van der Waals surface area contributed by atoms with Crippen molar-refractivity contribution in [3.8, 4) is 5.75 Å². The second kappa shape index (κ2) is 4.70. The molecule has 6 nitrogen and oxygen atoms in total. The van der Waals surface area contributed by atoms with Crippen molar-refractivity contribution in [3.63, 3.8) is 0 Å². The molecule has 0 spiro atoms. The van der Waals surface area contributed by atoms with Crippen molar-refractivity contribution in [2.75, 3.05) is 12.4 Å². The van der Waals surface area contributed by atoms with Gasteiger partial charge in [-0.25, -0.2) is 0 Å². The molecule has 3 unspecified atom stereocenters. The molecule has 6 heteroatoms. The third kappa shape index (κ3) is 2.35. The Morgan fingerprint density at radius 2 is 2.26 bits per heavy atom. The smallest absolute Gasteiger partial charge is 0.275 e. The maximum Gasteiger partial charge on any atom is 0.275 e. The summed E-state index contributed by atoms with van der Waals surface area (Å²) in [5.41, 5.74) is 0.748. The number of anilines is 1. The van der Waals surface area contributed by atoms with E-state index in [2.05, 4.69) is 5.32 Å². The average molecular weight is 264 g/mol. The lowest BCUT2D eigenvalue weighted by Crippen LogP contribution is -2.30. The van der Waals surface area contributed by atoms with Crippen LogP contribution in [0.1, 0.15) is 19.3 Å². The predicted molar refractivity (Wildman–Crippen MR) is 69.6 cm³/mol. The summed E-state index contributed by atoms with van der Waals surface area (Å²) >= 11 is 0. The van der Waals surface area contributed by atoms with Crippen LogP contribution in [0.4, 0.5) is 11.4 Å². The first-order chi connectivity index (χ1) is 9.15. The second-order valence-electron chi connectivity index (χ2n) is 5.04. The monoisotopic (exact) mass is 264 g/mol. The summed E-state index contributed by atoms with van der Waals surface area (Å²) in [6.07, 6.45) is 3.74. The molecule has 1 N–H and O–H groups in total. The zero-order valence-corrected chi connectivity index (χ0v) is 10.7. The summed E-state index contributed by atoms with van der Waals surface area (Å²) in [4.78, 5) is 10.5. The van der Waals surface area contributed by atoms with Gasteiger partial charge in [-0.05, 0) is 19.3 Å². The van der Waals surface area contributed by atoms with Gasteiger partial charge in [0.2, 0.25) is 0 Å². The maximum atomic E-state index is 10.9. The number of nitrogens with zero attached hydrogens (tertiary/aromatic N) is 1. The lowest BCUT2D eigenvalue weighted by Gasteiger charge is -2.21. The van der Waals surface area contributed by atoms with E-state index in [9.17, 15) is 10.1 Å². The number of benzene rings is 1. The molecule has 3 rings (SSSR count). The number of methoxy groups -OCH3 is 1. The van der Waals surface area contributed by atoms with Gasteiger partial charge in [-0.1, -0.05) is 0 Å². The van der Waals surface area contributed by atoms with Gasteiger partial charge in [-0.2, -0.15) is 0 Å². The predicted octanol–water partition coefficient (Wildman–Crippen LogP) is 2.34. The van der Waals surface area contributed by atoms with Gasteiger partial charge in [0.05, 0.1) is 36.3 Å². The van der Waals surface area contributed by atoms with Crippen LogP contribution in [0.2, 0.25) is 0 Å². The summed E-state index contributed by atoms with van der Waals surface area (Å²) < 4.78 is 10.9. The Hall–Kier alpha value is -1.82. The van der Waals surface area contributed by atoms with Crippen LogP contribution >= 0.6 is 0 Å². The van der Waals surface area contributed by atoms with Crippen molar-refractivity contribution in [2.24, 2.45) is 0 Å². The van der Waals surface area contributed by atoms with Crippen molar-refractivity contribution >= 4 is 11.4 Å². The van der Waals surface area contributed by atoms with E-state index in [4.69, 9.17) is 9.47 Å². The number of nitro benzene ring substituents is 1. The van der Waals surface area contributed by atoms with Crippen molar-refractivity contribution < 1.29 is 14.4 Å². The highest BCUT2D eigenvalue weighted by Gasteiger charge is 2.40. The molecule has 3 atom stereocenters. The van der Waals surface area contributed by atoms with Crippen LogP contribution in [0.15, 0.2) is 18.2 Å². The largest absolute Gasteiger partial charge is 0.496 e. The number of nitro groups is 1. The van der Waals surface area contributed by atoms with Crippen LogP contribution in [-0.2, 0) is 4.74 Å². The van der Waals surface area contributed by atoms with Gasteiger partial charge in [-0.15, -0.1) is 0 Å². The van der Waals surface area contributed by atoms with Crippen molar-refractivity contribution in [1.82, 2.24) is 0 Å². The molecule has 102 valence electrons. The van der Waals surface area contributed by atoms with Crippen molar-refractivity contribution in [2.45, 2.75) is 37.5 Å². The lowest BCUT2D eigenvalue weighted by atomic mass is 9.95. The molecular formula is C13H16N2O4. The Labute approximate surface area is 110 Å². The highest BCUT2D eigenvalue weighted by Crippen LogP contribution is 2.37. The molecule has 2 saturated heterocycles. The first kappa shape index (κ1) is 12.2. The number of non-ortho nitro benzene ring substituents is 1. The molecule has 1 aromatic carbocycles. The standard InChI is InChI=1S/C13H16N2O4/c1-18-11-5-8(4-9(6-11)15(16)17)14-12-7-10-2-3-13(12)19-10/h4-6,10,12-14H,2-3,7H2,1H3. The van der Waals surface area contributed by atoms with Crippen LogP contribution in [0.5, 0.6) is 5.75 Å². The number of ether oxygens (including phenoxy) is 2. The number of hydrogen-bond acceptors (Lipinski definition) is 5. The van der Waals surface area contributed by atoms with E-state index in [-0.39, 0.29) is 17.8 Å². The van der Waals surface area contributed by atoms with Crippen molar-refractivity contribution in [1.29, 1.82) is 0 Å². The Morgan fingerprint density at radius 3 is 2.84 bits per heavy atom. The molecule has 19 heavy (non-hydrogen) atoms. The van der Waals surface area contributed by atoms with E-state index in [1.165, 1.54) is 19.2 Å². The van der Waals surface area contributed by atoms with E-state index >= 15 is 0 Å². The van der Waals surface area contributed by atoms with Gasteiger partial charge in [-0.3, -0.25) is 10.1 Å². The molecular weight excluding hydrogens is 248 g/mol. The van der Waals surface area contributed by atoms with Crippen molar-refractivity contribution in [3.05, 3.63) is 28.3 Å². The van der Waals surface area contributed by atoms with Crippen LogP contribution in [0.25, 0.3) is 0 Å². The number of fused-ring (bicyclic) bond motifs is 2. The zero-order chi connectivity index (χ0) is 13.4. The Balaban J connectivity index is 1.80. The molecule has 2 heterocycles. The molecule has 0 amide bonds. The summed E-state index contributed by atoms with van der Waals surface area (Å²) in [6, 6.07) is 4.97. The van der Waals surface area contributed by atoms with Crippen LogP contribution < -0.4 is 10.1 Å². The highest BCUT2D eigenvalue weighted by atomic mass is 16.6. The SMILES string of the molecule is COc1cc(NC2CC3CCC2O3)cc([N+](=O)[O-])c1. The van der Waals surface area contributed by atoms with Gasteiger partial charge in [0.25, 0.3) is 5.69 Å². The Morgan fingerprint density at radius 1 is 1.42 bits per heavy atom. The zero-order valence-electron chi connectivity index (χ0n) is 10.7. The quantitative estimate of drug-likeness (QED) is 0.667. The molecule has 1 aromatic rings. The van der Waals surface area contributed by atoms with E-state index in [1.54, 1.807) is 6.07 Å². The van der Waals surface area contributed by atoms with Crippen LogP contribution in [0, 0.1) is 10.1 Å². The minimum atomic E-state index is -0.412. The van der Waals surface area contributed by atoms with Crippen LogP contribution in [0.3, 0.4) is 0 Å². The lowest BCUT2D eigenvalue weighted by molar-refractivity contribution is -0.384. The number of rotatable bonds is 4. The van der Waals surface area contributed by atoms with E-state index < -0.39 is 4.92 Å². The summed E-state index contributed by atoms with van der Waals surface area (Å²) in [7, 11) is 1.50.